The van der Waals surface area contributed by atoms with Gasteiger partial charge in [-0.1, -0.05) is 13.8 Å². The number of amides is 1. The standard InChI is InChI=1S/C22H35N3O2S/c1-15(13-18(23)22(5,6)19-14-24-16(2)28-19)25-20(26)21(3,4)10-7-17-8-11-27-12-9-17/h13-14,17,23H,7-12H2,1-6H3,(H,25,26)/b15-13+,23-18?. The molecule has 1 amide bonds. The molecule has 0 radical (unpaired) electrons. The van der Waals surface area contributed by atoms with Crippen LogP contribution in [0.15, 0.2) is 18.0 Å². The van der Waals surface area contributed by atoms with Gasteiger partial charge in [0, 0.05) is 46.5 Å². The van der Waals surface area contributed by atoms with Gasteiger partial charge in [-0.3, -0.25) is 4.79 Å². The Hall–Kier alpha value is -1.53. The van der Waals surface area contributed by atoms with Crippen molar-refractivity contribution in [1.29, 1.82) is 5.41 Å². The Morgan fingerprint density at radius 1 is 1.36 bits per heavy atom. The Morgan fingerprint density at radius 3 is 2.57 bits per heavy atom. The van der Waals surface area contributed by atoms with Crippen molar-refractivity contribution in [3.8, 4) is 0 Å². The van der Waals surface area contributed by atoms with Gasteiger partial charge in [0.1, 0.15) is 0 Å². The lowest BCUT2D eigenvalue weighted by Gasteiger charge is -2.28. The lowest BCUT2D eigenvalue weighted by atomic mass is 9.82. The van der Waals surface area contributed by atoms with Crippen LogP contribution in [0, 0.1) is 23.7 Å². The van der Waals surface area contributed by atoms with Gasteiger partial charge < -0.3 is 15.5 Å². The molecule has 2 rings (SSSR count). The molecule has 1 aliphatic rings. The number of nitrogens with zero attached hydrogens (tertiary/aromatic N) is 1. The average molecular weight is 406 g/mol. The molecular formula is C22H35N3O2S. The topological polar surface area (TPSA) is 75.1 Å². The highest BCUT2D eigenvalue weighted by atomic mass is 32.1. The molecule has 1 saturated heterocycles. The Balaban J connectivity index is 1.94. The number of ether oxygens (including phenoxy) is 1. The van der Waals surface area contributed by atoms with Gasteiger partial charge in [0.25, 0.3) is 0 Å². The fraction of sp³-hybridized carbons (Fsp3) is 0.682. The zero-order chi connectivity index (χ0) is 20.9. The predicted molar refractivity (Wildman–Crippen MR) is 116 cm³/mol. The van der Waals surface area contributed by atoms with Gasteiger partial charge in [-0.15, -0.1) is 11.3 Å². The number of aryl methyl sites for hydroxylation is 1. The van der Waals surface area contributed by atoms with Crippen molar-refractivity contribution in [2.75, 3.05) is 13.2 Å². The SMILES string of the molecule is C/C(=C\C(=N)C(C)(C)c1cnc(C)s1)NC(=O)C(C)(C)CCC1CCOCC1. The number of rotatable bonds is 8. The minimum absolute atomic E-state index is 0.0209. The molecule has 1 aromatic rings. The van der Waals surface area contributed by atoms with Crippen molar-refractivity contribution in [1.82, 2.24) is 10.3 Å². The number of allylic oxidation sites excluding steroid dienone is 2. The first-order valence-corrected chi connectivity index (χ1v) is 10.9. The van der Waals surface area contributed by atoms with Gasteiger partial charge in [0.15, 0.2) is 0 Å². The van der Waals surface area contributed by atoms with Crippen LogP contribution in [0.5, 0.6) is 0 Å². The van der Waals surface area contributed by atoms with E-state index >= 15 is 0 Å². The summed E-state index contributed by atoms with van der Waals surface area (Å²) >= 11 is 1.61. The van der Waals surface area contributed by atoms with E-state index in [0.29, 0.717) is 17.3 Å². The quantitative estimate of drug-likeness (QED) is 0.598. The molecule has 1 fully saturated rings. The fourth-order valence-corrected chi connectivity index (χ4v) is 4.17. The van der Waals surface area contributed by atoms with Crippen LogP contribution in [-0.4, -0.2) is 29.8 Å². The monoisotopic (exact) mass is 405 g/mol. The molecule has 0 bridgehead atoms. The molecule has 5 nitrogen and oxygen atoms in total. The summed E-state index contributed by atoms with van der Waals surface area (Å²) in [6.45, 7) is 13.6. The third-order valence-electron chi connectivity index (χ3n) is 5.72. The van der Waals surface area contributed by atoms with Crippen LogP contribution in [-0.2, 0) is 14.9 Å². The predicted octanol–water partition coefficient (Wildman–Crippen LogP) is 5.00. The van der Waals surface area contributed by atoms with Crippen LogP contribution >= 0.6 is 11.3 Å². The Bertz CT molecular complexity index is 728. The molecular weight excluding hydrogens is 370 g/mol. The van der Waals surface area contributed by atoms with Gasteiger partial charge in [0.05, 0.1) is 5.01 Å². The van der Waals surface area contributed by atoms with E-state index in [1.165, 1.54) is 0 Å². The van der Waals surface area contributed by atoms with E-state index in [1.807, 2.05) is 47.7 Å². The Labute approximate surface area is 173 Å². The zero-order valence-corrected chi connectivity index (χ0v) is 19.0. The lowest BCUT2D eigenvalue weighted by Crippen LogP contribution is -2.37. The summed E-state index contributed by atoms with van der Waals surface area (Å²) in [4.78, 5) is 18.2. The maximum atomic E-state index is 12.8. The molecule has 1 aromatic heterocycles. The lowest BCUT2D eigenvalue weighted by molar-refractivity contribution is -0.129. The van der Waals surface area contributed by atoms with E-state index in [1.54, 1.807) is 17.4 Å². The van der Waals surface area contributed by atoms with Gasteiger partial charge >= 0.3 is 0 Å². The van der Waals surface area contributed by atoms with E-state index in [4.69, 9.17) is 10.1 Å². The third kappa shape index (κ3) is 5.98. The summed E-state index contributed by atoms with van der Waals surface area (Å²) in [6, 6.07) is 0. The molecule has 0 spiro atoms. The average Bonchev–Trinajstić information content (AvgIpc) is 3.08. The summed E-state index contributed by atoms with van der Waals surface area (Å²) in [6.07, 6.45) is 7.72. The maximum absolute atomic E-state index is 12.8. The smallest absolute Gasteiger partial charge is 0.229 e. The van der Waals surface area contributed by atoms with Crippen molar-refractivity contribution in [2.24, 2.45) is 11.3 Å². The fourth-order valence-electron chi connectivity index (χ4n) is 3.28. The maximum Gasteiger partial charge on any atom is 0.229 e. The number of hydrogen-bond donors (Lipinski definition) is 2. The van der Waals surface area contributed by atoms with E-state index in [9.17, 15) is 4.79 Å². The number of nitrogens with one attached hydrogen (secondary N) is 2. The number of aromatic nitrogens is 1. The molecule has 0 aromatic carbocycles. The molecule has 1 aliphatic heterocycles. The van der Waals surface area contributed by atoms with Crippen LogP contribution in [0.3, 0.4) is 0 Å². The van der Waals surface area contributed by atoms with E-state index in [-0.39, 0.29) is 5.91 Å². The largest absolute Gasteiger partial charge is 0.381 e. The van der Waals surface area contributed by atoms with Gasteiger partial charge in [0.2, 0.25) is 5.91 Å². The summed E-state index contributed by atoms with van der Waals surface area (Å²) in [5.41, 5.74) is 0.313. The molecule has 0 aliphatic carbocycles. The van der Waals surface area contributed by atoms with Gasteiger partial charge in [-0.2, -0.15) is 0 Å². The molecule has 0 atom stereocenters. The molecule has 0 unspecified atom stereocenters. The van der Waals surface area contributed by atoms with Gasteiger partial charge in [-0.25, -0.2) is 4.98 Å². The molecule has 2 heterocycles. The van der Waals surface area contributed by atoms with Crippen LogP contribution < -0.4 is 5.32 Å². The highest BCUT2D eigenvalue weighted by Gasteiger charge is 2.30. The van der Waals surface area contributed by atoms with Crippen LogP contribution in [0.2, 0.25) is 0 Å². The second kappa shape index (κ2) is 9.31. The van der Waals surface area contributed by atoms with Crippen LogP contribution in [0.25, 0.3) is 0 Å². The highest BCUT2D eigenvalue weighted by molar-refractivity contribution is 7.11. The highest BCUT2D eigenvalue weighted by Crippen LogP contribution is 2.31. The van der Waals surface area contributed by atoms with Crippen molar-refractivity contribution >= 4 is 23.0 Å². The number of carbonyl (C=O) groups excluding carboxylic acids is 1. The minimum Gasteiger partial charge on any atom is -0.381 e. The second-order valence-corrected chi connectivity index (χ2v) is 10.3. The summed E-state index contributed by atoms with van der Waals surface area (Å²) in [7, 11) is 0. The van der Waals surface area contributed by atoms with E-state index in [0.717, 1.165) is 48.8 Å². The molecule has 2 N–H and O–H groups in total. The van der Waals surface area contributed by atoms with Crippen molar-refractivity contribution in [3.63, 3.8) is 0 Å². The van der Waals surface area contributed by atoms with Gasteiger partial charge in [-0.05, 0) is 65.4 Å². The summed E-state index contributed by atoms with van der Waals surface area (Å²) < 4.78 is 5.42. The van der Waals surface area contributed by atoms with Crippen LogP contribution in [0.1, 0.15) is 70.2 Å². The van der Waals surface area contributed by atoms with Crippen molar-refractivity contribution in [2.45, 2.75) is 72.6 Å². The first-order chi connectivity index (χ1) is 13.0. The molecule has 6 heteroatoms. The van der Waals surface area contributed by atoms with E-state index < -0.39 is 10.8 Å². The molecule has 28 heavy (non-hydrogen) atoms. The molecule has 0 saturated carbocycles. The third-order valence-corrected chi connectivity index (χ3v) is 6.95. The minimum atomic E-state index is -0.434. The number of carbonyl (C=O) groups is 1. The number of hydrogen-bond acceptors (Lipinski definition) is 5. The summed E-state index contributed by atoms with van der Waals surface area (Å²) in [5.74, 6) is 0.682. The zero-order valence-electron chi connectivity index (χ0n) is 18.1. The van der Waals surface area contributed by atoms with Crippen molar-refractivity contribution in [3.05, 3.63) is 27.9 Å². The summed E-state index contributed by atoms with van der Waals surface area (Å²) in [5, 5.41) is 12.5. The van der Waals surface area contributed by atoms with Crippen LogP contribution in [0.4, 0.5) is 0 Å². The first kappa shape index (κ1) is 22.8. The van der Waals surface area contributed by atoms with E-state index in [2.05, 4.69) is 10.3 Å². The van der Waals surface area contributed by atoms with Crippen molar-refractivity contribution < 1.29 is 9.53 Å². The molecule has 156 valence electrons. The second-order valence-electron chi connectivity index (χ2n) is 9.04. The Kier molecular flexibility index (Phi) is 7.57. The first-order valence-electron chi connectivity index (χ1n) is 10.1. The Morgan fingerprint density at radius 2 is 2.00 bits per heavy atom. The normalized spacial score (nSPS) is 16.9. The number of thiazole rings is 1.